The van der Waals surface area contributed by atoms with Crippen molar-refractivity contribution >= 4 is 10.0 Å². The van der Waals surface area contributed by atoms with E-state index < -0.39 is 15.3 Å². The smallest absolute Gasteiger partial charge is 0.216 e. The van der Waals surface area contributed by atoms with Gasteiger partial charge >= 0.3 is 0 Å². The van der Waals surface area contributed by atoms with E-state index in [0.717, 1.165) is 5.56 Å². The molecule has 0 saturated carbocycles. The van der Waals surface area contributed by atoms with Gasteiger partial charge in [0.15, 0.2) is 0 Å². The van der Waals surface area contributed by atoms with Crippen LogP contribution in [0.25, 0.3) is 0 Å². The van der Waals surface area contributed by atoms with Gasteiger partial charge in [-0.05, 0) is 11.5 Å². The zero-order chi connectivity index (χ0) is 10.8. The van der Waals surface area contributed by atoms with Gasteiger partial charge in [-0.15, -0.1) is 0 Å². The summed E-state index contributed by atoms with van der Waals surface area (Å²) in [7, 11) is -3.52. The first-order valence-corrected chi connectivity index (χ1v) is 6.10. The summed E-state index contributed by atoms with van der Waals surface area (Å²) in [6.45, 7) is 3.70. The third kappa shape index (κ3) is 2.56. The zero-order valence-corrected chi connectivity index (χ0v) is 9.16. The first-order chi connectivity index (χ1) is 6.43. The molecule has 0 aliphatic rings. The van der Waals surface area contributed by atoms with Gasteiger partial charge in [0.1, 0.15) is 5.25 Å². The number of hydrogen-bond donors (Lipinski definition) is 1. The zero-order valence-electron chi connectivity index (χ0n) is 8.34. The molecule has 0 bridgehead atoms. The van der Waals surface area contributed by atoms with Gasteiger partial charge < -0.3 is 0 Å². The molecule has 1 rings (SSSR count). The van der Waals surface area contributed by atoms with E-state index in [1.165, 1.54) is 0 Å². The van der Waals surface area contributed by atoms with Crippen LogP contribution in [0.5, 0.6) is 0 Å². The molecule has 0 spiro atoms. The van der Waals surface area contributed by atoms with Crippen LogP contribution in [0.4, 0.5) is 0 Å². The topological polar surface area (TPSA) is 60.2 Å². The lowest BCUT2D eigenvalue weighted by atomic mass is 10.0. The minimum absolute atomic E-state index is 0.0209. The number of sulfonamides is 1. The Labute approximate surface area is 85.0 Å². The summed E-state index contributed by atoms with van der Waals surface area (Å²) in [5, 5.41) is 4.58. The number of primary sulfonamides is 1. The second-order valence-electron chi connectivity index (χ2n) is 3.66. The molecular weight excluding hydrogens is 198 g/mol. The van der Waals surface area contributed by atoms with E-state index >= 15 is 0 Å². The number of nitrogens with two attached hydrogens (primary N) is 1. The quantitative estimate of drug-likeness (QED) is 0.830. The lowest BCUT2D eigenvalue weighted by Crippen LogP contribution is -2.25. The molecule has 3 nitrogen and oxygen atoms in total. The van der Waals surface area contributed by atoms with E-state index in [2.05, 4.69) is 0 Å². The molecule has 0 unspecified atom stereocenters. The van der Waals surface area contributed by atoms with E-state index in [0.29, 0.717) is 0 Å². The second kappa shape index (κ2) is 4.11. The van der Waals surface area contributed by atoms with Crippen LogP contribution in [0.15, 0.2) is 30.3 Å². The summed E-state index contributed by atoms with van der Waals surface area (Å²) in [6, 6.07) is 9.06. The molecule has 14 heavy (non-hydrogen) atoms. The van der Waals surface area contributed by atoms with Crippen LogP contribution in [0.3, 0.4) is 0 Å². The average Bonchev–Trinajstić information content (AvgIpc) is 2.02. The highest BCUT2D eigenvalue weighted by Gasteiger charge is 2.26. The van der Waals surface area contributed by atoms with Crippen LogP contribution in [-0.2, 0) is 10.0 Å². The van der Waals surface area contributed by atoms with Crippen molar-refractivity contribution in [1.29, 1.82) is 0 Å². The maximum absolute atomic E-state index is 11.4. The van der Waals surface area contributed by atoms with Gasteiger partial charge in [0.05, 0.1) is 0 Å². The van der Waals surface area contributed by atoms with E-state index in [9.17, 15) is 8.42 Å². The SMILES string of the molecule is CC(C)[C@@H](c1ccccc1)S(N)(=O)=O. The number of rotatable bonds is 3. The third-order valence-corrected chi connectivity index (χ3v) is 3.61. The molecule has 0 fully saturated rings. The lowest BCUT2D eigenvalue weighted by Gasteiger charge is -2.18. The molecule has 1 aromatic rings. The Kier molecular flexibility index (Phi) is 3.29. The molecule has 2 N–H and O–H groups in total. The Morgan fingerprint density at radius 1 is 1.14 bits per heavy atom. The Hall–Kier alpha value is -0.870. The molecule has 0 amide bonds. The summed E-state index contributed by atoms with van der Waals surface area (Å²) in [5.41, 5.74) is 0.755. The summed E-state index contributed by atoms with van der Waals surface area (Å²) in [6.07, 6.45) is 0. The van der Waals surface area contributed by atoms with Gasteiger partial charge in [-0.25, -0.2) is 13.6 Å². The molecular formula is C10H15NO2S. The third-order valence-electron chi connectivity index (χ3n) is 2.09. The van der Waals surface area contributed by atoms with Crippen molar-refractivity contribution in [3.8, 4) is 0 Å². The van der Waals surface area contributed by atoms with Gasteiger partial charge in [-0.3, -0.25) is 0 Å². The van der Waals surface area contributed by atoms with Gasteiger partial charge in [0.25, 0.3) is 0 Å². The van der Waals surface area contributed by atoms with E-state index in [4.69, 9.17) is 5.14 Å². The predicted octanol–water partition coefficient (Wildman–Crippen LogP) is 1.67. The van der Waals surface area contributed by atoms with Crippen LogP contribution in [0.1, 0.15) is 24.7 Å². The Morgan fingerprint density at radius 3 is 2.00 bits per heavy atom. The highest BCUT2D eigenvalue weighted by Crippen LogP contribution is 2.27. The van der Waals surface area contributed by atoms with Crippen molar-refractivity contribution in [3.63, 3.8) is 0 Å². The van der Waals surface area contributed by atoms with Gasteiger partial charge in [-0.1, -0.05) is 44.2 Å². The summed E-state index contributed by atoms with van der Waals surface area (Å²) in [4.78, 5) is 0. The molecule has 0 saturated heterocycles. The molecule has 1 atom stereocenters. The molecule has 0 aliphatic carbocycles. The molecule has 0 aliphatic heterocycles. The molecule has 78 valence electrons. The monoisotopic (exact) mass is 213 g/mol. The van der Waals surface area contributed by atoms with Crippen molar-refractivity contribution in [2.75, 3.05) is 0 Å². The van der Waals surface area contributed by atoms with E-state index in [1.54, 1.807) is 12.1 Å². The fraction of sp³-hybridized carbons (Fsp3) is 0.400. The summed E-state index contributed by atoms with van der Waals surface area (Å²) >= 11 is 0. The highest BCUT2D eigenvalue weighted by atomic mass is 32.2. The molecule has 1 aromatic carbocycles. The van der Waals surface area contributed by atoms with Crippen LogP contribution in [0, 0.1) is 5.92 Å². The number of benzene rings is 1. The number of hydrogen-bond acceptors (Lipinski definition) is 2. The van der Waals surface area contributed by atoms with Crippen molar-refractivity contribution in [2.45, 2.75) is 19.1 Å². The fourth-order valence-electron chi connectivity index (χ4n) is 1.60. The lowest BCUT2D eigenvalue weighted by molar-refractivity contribution is 0.541. The normalized spacial score (nSPS) is 14.3. The Bertz CT molecular complexity index is 384. The maximum Gasteiger partial charge on any atom is 0.216 e. The van der Waals surface area contributed by atoms with E-state index in [1.807, 2.05) is 32.0 Å². The van der Waals surface area contributed by atoms with Crippen molar-refractivity contribution in [1.82, 2.24) is 0 Å². The van der Waals surface area contributed by atoms with Crippen LogP contribution in [0.2, 0.25) is 0 Å². The van der Waals surface area contributed by atoms with Crippen LogP contribution >= 0.6 is 0 Å². The van der Waals surface area contributed by atoms with Crippen molar-refractivity contribution in [2.24, 2.45) is 11.1 Å². The highest BCUT2D eigenvalue weighted by molar-refractivity contribution is 7.89. The average molecular weight is 213 g/mol. The van der Waals surface area contributed by atoms with Crippen LogP contribution < -0.4 is 5.14 Å². The largest absolute Gasteiger partial charge is 0.228 e. The van der Waals surface area contributed by atoms with Gasteiger partial charge in [-0.2, -0.15) is 0 Å². The molecule has 0 radical (unpaired) electrons. The minimum Gasteiger partial charge on any atom is -0.228 e. The summed E-state index contributed by atoms with van der Waals surface area (Å²) in [5.74, 6) is -0.0209. The molecule has 4 heteroatoms. The molecule has 0 aromatic heterocycles. The second-order valence-corrected chi connectivity index (χ2v) is 5.35. The first-order valence-electron chi connectivity index (χ1n) is 4.49. The predicted molar refractivity (Wildman–Crippen MR) is 57.1 cm³/mol. The van der Waals surface area contributed by atoms with E-state index in [-0.39, 0.29) is 5.92 Å². The van der Waals surface area contributed by atoms with Crippen LogP contribution in [-0.4, -0.2) is 8.42 Å². The van der Waals surface area contributed by atoms with Crippen molar-refractivity contribution < 1.29 is 8.42 Å². The standard InChI is InChI=1S/C10H15NO2S/c1-8(2)10(14(11,12)13)9-6-4-3-5-7-9/h3-8,10H,1-2H3,(H2,11,12,13)/t10-/m0/s1. The fourth-order valence-corrected chi connectivity index (χ4v) is 2.89. The molecule has 0 heterocycles. The van der Waals surface area contributed by atoms with Gasteiger partial charge in [0.2, 0.25) is 10.0 Å². The van der Waals surface area contributed by atoms with Crippen molar-refractivity contribution in [3.05, 3.63) is 35.9 Å². The summed E-state index contributed by atoms with van der Waals surface area (Å²) < 4.78 is 22.7. The Morgan fingerprint density at radius 2 is 1.64 bits per heavy atom. The first kappa shape index (κ1) is 11.2. The Balaban J connectivity index is 3.15. The maximum atomic E-state index is 11.4. The minimum atomic E-state index is -3.52. The van der Waals surface area contributed by atoms with Gasteiger partial charge in [0, 0.05) is 0 Å².